The highest BCUT2D eigenvalue weighted by Crippen LogP contribution is 2.33. The van der Waals surface area contributed by atoms with Crippen LogP contribution in [0.1, 0.15) is 31.2 Å². The molecule has 0 unspecified atom stereocenters. The fourth-order valence-electron chi connectivity index (χ4n) is 5.06. The molecular weight excluding hydrogens is 542 g/mol. The van der Waals surface area contributed by atoms with Gasteiger partial charge in [-0.2, -0.15) is 4.31 Å². The van der Waals surface area contributed by atoms with Gasteiger partial charge in [0.2, 0.25) is 10.0 Å². The third kappa shape index (κ3) is 7.07. The first-order valence-corrected chi connectivity index (χ1v) is 15.5. The number of benzene rings is 3. The van der Waals surface area contributed by atoms with Crippen molar-refractivity contribution in [3.8, 4) is 11.5 Å². The summed E-state index contributed by atoms with van der Waals surface area (Å²) in [6, 6.07) is 23.1. The van der Waals surface area contributed by atoms with Crippen LogP contribution in [-0.2, 0) is 26.0 Å². The number of ether oxygens (including phenoxy) is 2. The van der Waals surface area contributed by atoms with E-state index in [0.717, 1.165) is 31.2 Å². The van der Waals surface area contributed by atoms with E-state index in [1.165, 1.54) is 17.0 Å². The van der Waals surface area contributed by atoms with Crippen LogP contribution < -0.4 is 19.7 Å². The van der Waals surface area contributed by atoms with E-state index in [1.807, 2.05) is 30.3 Å². The highest BCUT2D eigenvalue weighted by Gasteiger charge is 2.34. The lowest BCUT2D eigenvalue weighted by Crippen LogP contribution is -2.52. The van der Waals surface area contributed by atoms with Crippen LogP contribution in [0.15, 0.2) is 83.8 Å². The highest BCUT2D eigenvalue weighted by molar-refractivity contribution is 7.89. The maximum Gasteiger partial charge on any atom is 0.265 e. The molecule has 216 valence electrons. The number of rotatable bonds is 9. The molecule has 0 bridgehead atoms. The predicted octanol–water partition coefficient (Wildman–Crippen LogP) is 3.78. The van der Waals surface area contributed by atoms with Gasteiger partial charge in [0.05, 0.1) is 17.1 Å². The Hall–Kier alpha value is -3.89. The summed E-state index contributed by atoms with van der Waals surface area (Å²) in [7, 11) is -3.57. The second kappa shape index (κ2) is 13.2. The van der Waals surface area contributed by atoms with Gasteiger partial charge in [-0.15, -0.1) is 0 Å². The molecule has 3 aromatic carbocycles. The van der Waals surface area contributed by atoms with E-state index >= 15 is 0 Å². The molecule has 2 aliphatic heterocycles. The number of hydrogen-bond acceptors (Lipinski definition) is 6. The largest absolute Gasteiger partial charge is 0.484 e. The molecule has 0 aromatic heterocycles. The quantitative estimate of drug-likeness (QED) is 0.415. The average Bonchev–Trinajstić information content (AvgIpc) is 3.30. The van der Waals surface area contributed by atoms with Gasteiger partial charge >= 0.3 is 0 Å². The number of fused-ring (bicyclic) bond motifs is 1. The molecule has 0 radical (unpaired) electrons. The van der Waals surface area contributed by atoms with Crippen LogP contribution in [0.3, 0.4) is 0 Å². The standard InChI is InChI=1S/C31H35N3O6S/c35-30(23-39-25-14-16-26(17-15-25)41(37,38)33-20-8-1-2-9-21-33)34-22-29(40-28-13-7-6-12-27(28)34)31(36)32-19-18-24-10-4-3-5-11-24/h3-7,10-17,29H,1-2,8-9,18-23H2,(H,32,36)/t29-/m0/s1. The Bertz CT molecular complexity index is 1440. The molecule has 2 heterocycles. The first kappa shape index (κ1) is 28.6. The first-order valence-electron chi connectivity index (χ1n) is 14.0. The molecule has 2 amide bonds. The monoisotopic (exact) mass is 577 g/mol. The Balaban J connectivity index is 1.19. The third-order valence-corrected chi connectivity index (χ3v) is 9.22. The van der Waals surface area contributed by atoms with Gasteiger partial charge in [0.25, 0.3) is 11.8 Å². The van der Waals surface area contributed by atoms with Crippen LogP contribution in [0.5, 0.6) is 11.5 Å². The van der Waals surface area contributed by atoms with Gasteiger partial charge in [-0.25, -0.2) is 8.42 Å². The minimum atomic E-state index is -3.57. The summed E-state index contributed by atoms with van der Waals surface area (Å²) in [6.07, 6.45) is 3.63. The van der Waals surface area contributed by atoms with Crippen molar-refractivity contribution in [1.82, 2.24) is 9.62 Å². The molecule has 41 heavy (non-hydrogen) atoms. The summed E-state index contributed by atoms with van der Waals surface area (Å²) in [5.74, 6) is 0.183. The molecule has 1 N–H and O–H groups in total. The van der Waals surface area contributed by atoms with Gasteiger partial charge in [0.15, 0.2) is 12.7 Å². The lowest BCUT2D eigenvalue weighted by molar-refractivity contribution is -0.128. The van der Waals surface area contributed by atoms with E-state index in [2.05, 4.69) is 5.32 Å². The first-order chi connectivity index (χ1) is 19.9. The number of nitrogens with one attached hydrogen (secondary N) is 1. The molecule has 1 atom stereocenters. The SMILES string of the molecule is O=C(NCCc1ccccc1)[C@@H]1CN(C(=O)COc2ccc(S(=O)(=O)N3CCCCCC3)cc2)c2ccccc2O1. The molecule has 0 aliphatic carbocycles. The topological polar surface area (TPSA) is 105 Å². The van der Waals surface area contributed by atoms with Crippen LogP contribution in [0, 0.1) is 0 Å². The fraction of sp³-hybridized carbons (Fsp3) is 0.355. The predicted molar refractivity (Wildman–Crippen MR) is 156 cm³/mol. The summed E-state index contributed by atoms with van der Waals surface area (Å²) in [5, 5.41) is 2.91. The lowest BCUT2D eigenvalue weighted by Gasteiger charge is -2.34. The van der Waals surface area contributed by atoms with Crippen molar-refractivity contribution in [2.24, 2.45) is 0 Å². The van der Waals surface area contributed by atoms with Gasteiger partial charge in [-0.1, -0.05) is 55.3 Å². The van der Waals surface area contributed by atoms with E-state index in [0.29, 0.717) is 43.2 Å². The molecule has 1 saturated heterocycles. The van der Waals surface area contributed by atoms with E-state index in [1.54, 1.807) is 40.7 Å². The van der Waals surface area contributed by atoms with Gasteiger partial charge in [-0.05, 0) is 61.2 Å². The maximum atomic E-state index is 13.3. The van der Waals surface area contributed by atoms with Gasteiger partial charge in [0.1, 0.15) is 11.5 Å². The molecule has 0 saturated carbocycles. The number of carbonyl (C=O) groups is 2. The van der Waals surface area contributed by atoms with Crippen molar-refractivity contribution in [1.29, 1.82) is 0 Å². The maximum absolute atomic E-state index is 13.3. The zero-order valence-electron chi connectivity index (χ0n) is 22.9. The van der Waals surface area contributed by atoms with Crippen molar-refractivity contribution in [2.75, 3.05) is 37.7 Å². The smallest absolute Gasteiger partial charge is 0.265 e. The van der Waals surface area contributed by atoms with Gasteiger partial charge in [-0.3, -0.25) is 9.59 Å². The van der Waals surface area contributed by atoms with E-state index in [4.69, 9.17) is 9.47 Å². The number of sulfonamides is 1. The molecule has 2 aliphatic rings. The Kier molecular flexibility index (Phi) is 9.21. The summed E-state index contributed by atoms with van der Waals surface area (Å²) >= 11 is 0. The van der Waals surface area contributed by atoms with Crippen molar-refractivity contribution in [2.45, 2.75) is 43.1 Å². The Morgan fingerprint density at radius 1 is 0.878 bits per heavy atom. The third-order valence-electron chi connectivity index (χ3n) is 7.31. The Labute approximate surface area is 241 Å². The number of amides is 2. The van der Waals surface area contributed by atoms with Crippen LogP contribution in [-0.4, -0.2) is 63.4 Å². The van der Waals surface area contributed by atoms with Crippen LogP contribution in [0.2, 0.25) is 0 Å². The summed E-state index contributed by atoms with van der Waals surface area (Å²) in [4.78, 5) is 27.9. The molecular formula is C31H35N3O6S. The molecule has 3 aromatic rings. The number of hydrogen-bond donors (Lipinski definition) is 1. The van der Waals surface area contributed by atoms with Crippen molar-refractivity contribution >= 4 is 27.5 Å². The second-order valence-electron chi connectivity index (χ2n) is 10.2. The number of anilines is 1. The number of nitrogens with zero attached hydrogens (tertiary/aromatic N) is 2. The van der Waals surface area contributed by atoms with Gasteiger partial charge < -0.3 is 19.7 Å². The van der Waals surface area contributed by atoms with E-state index in [-0.39, 0.29) is 29.9 Å². The van der Waals surface area contributed by atoms with E-state index < -0.39 is 16.1 Å². The Morgan fingerprint density at radius 3 is 2.29 bits per heavy atom. The van der Waals surface area contributed by atoms with Crippen molar-refractivity contribution < 1.29 is 27.5 Å². The summed E-state index contributed by atoms with van der Waals surface area (Å²) in [5.41, 5.74) is 1.68. The molecule has 1 fully saturated rings. The second-order valence-corrected chi connectivity index (χ2v) is 12.1. The summed E-state index contributed by atoms with van der Waals surface area (Å²) < 4.78 is 39.3. The number of carbonyl (C=O) groups excluding carboxylic acids is 2. The minimum Gasteiger partial charge on any atom is -0.484 e. The van der Waals surface area contributed by atoms with Crippen LogP contribution in [0.4, 0.5) is 5.69 Å². The van der Waals surface area contributed by atoms with E-state index in [9.17, 15) is 18.0 Å². The zero-order valence-corrected chi connectivity index (χ0v) is 23.7. The van der Waals surface area contributed by atoms with Crippen LogP contribution >= 0.6 is 0 Å². The highest BCUT2D eigenvalue weighted by atomic mass is 32.2. The molecule has 9 nitrogen and oxygen atoms in total. The van der Waals surface area contributed by atoms with Crippen LogP contribution in [0.25, 0.3) is 0 Å². The normalized spacial score (nSPS) is 17.6. The van der Waals surface area contributed by atoms with Crippen molar-refractivity contribution in [3.05, 3.63) is 84.4 Å². The summed E-state index contributed by atoms with van der Waals surface area (Å²) in [6.45, 7) is 1.27. The lowest BCUT2D eigenvalue weighted by atomic mass is 10.1. The number of para-hydroxylation sites is 2. The van der Waals surface area contributed by atoms with Gasteiger partial charge in [0, 0.05) is 19.6 Å². The molecule has 10 heteroatoms. The Morgan fingerprint density at radius 2 is 1.56 bits per heavy atom. The molecule has 0 spiro atoms. The minimum absolute atomic E-state index is 0.0450. The fourth-order valence-corrected chi connectivity index (χ4v) is 6.57. The zero-order chi connectivity index (χ0) is 28.7. The van der Waals surface area contributed by atoms with Crippen molar-refractivity contribution in [3.63, 3.8) is 0 Å². The molecule has 5 rings (SSSR count). The average molecular weight is 578 g/mol.